The largest absolute Gasteiger partial charge is 0.354 e. The van der Waals surface area contributed by atoms with E-state index in [0.717, 1.165) is 36.0 Å². The fourth-order valence-electron chi connectivity index (χ4n) is 5.29. The maximum absolute atomic E-state index is 13.9. The molecule has 1 aliphatic rings. The fraction of sp³-hybridized carbons (Fsp3) is 0.353. The Morgan fingerprint density at radius 3 is 2.19 bits per heavy atom. The summed E-state index contributed by atoms with van der Waals surface area (Å²) in [5, 5.41) is 3.12. The van der Waals surface area contributed by atoms with E-state index in [4.69, 9.17) is 0 Å². The summed E-state index contributed by atoms with van der Waals surface area (Å²) in [6.07, 6.45) is 8.31. The maximum Gasteiger partial charge on any atom is 0.247 e. The predicted molar refractivity (Wildman–Crippen MR) is 166 cm³/mol. The number of rotatable bonds is 14. The van der Waals surface area contributed by atoms with E-state index in [9.17, 15) is 18.0 Å². The number of nitrogens with one attached hydrogen (secondary N) is 2. The monoisotopic (exact) mass is 587 g/mol. The smallest absolute Gasteiger partial charge is 0.247 e. The van der Waals surface area contributed by atoms with Gasteiger partial charge in [0.25, 0.3) is 0 Å². The van der Waals surface area contributed by atoms with Crippen LogP contribution in [0.1, 0.15) is 68.2 Å². The Bertz CT molecular complexity index is 1440. The van der Waals surface area contributed by atoms with Gasteiger partial charge in [0.1, 0.15) is 6.04 Å². The van der Waals surface area contributed by atoms with Crippen LogP contribution in [0.15, 0.2) is 101 Å². The Morgan fingerprint density at radius 1 is 0.857 bits per heavy atom. The highest BCUT2D eigenvalue weighted by Gasteiger charge is 2.31. The molecule has 0 saturated heterocycles. The number of nitrogens with zero attached hydrogens (tertiary/aromatic N) is 1. The topological polar surface area (TPSA) is 95.6 Å². The molecule has 42 heavy (non-hydrogen) atoms. The van der Waals surface area contributed by atoms with Crippen LogP contribution in [0, 0.1) is 0 Å². The van der Waals surface area contributed by atoms with Crippen LogP contribution in [-0.4, -0.2) is 38.2 Å². The van der Waals surface area contributed by atoms with Gasteiger partial charge in [-0.1, -0.05) is 91.4 Å². The number of aryl methyl sites for hydroxylation is 1. The van der Waals surface area contributed by atoms with Gasteiger partial charge in [0, 0.05) is 26.1 Å². The van der Waals surface area contributed by atoms with Crippen LogP contribution in [0.2, 0.25) is 0 Å². The fourth-order valence-corrected chi connectivity index (χ4v) is 6.33. The number of benzene rings is 3. The number of allylic oxidation sites excluding steroid dienone is 1. The van der Waals surface area contributed by atoms with E-state index in [-0.39, 0.29) is 29.7 Å². The Labute approximate surface area is 250 Å². The molecular formula is C34H41N3O4S. The zero-order chi connectivity index (χ0) is 29.8. The van der Waals surface area contributed by atoms with Crippen LogP contribution in [0.4, 0.5) is 0 Å². The van der Waals surface area contributed by atoms with E-state index in [1.165, 1.54) is 18.4 Å². The molecule has 7 nitrogen and oxygen atoms in total. The van der Waals surface area contributed by atoms with Gasteiger partial charge in [-0.3, -0.25) is 9.59 Å². The second-order valence-corrected chi connectivity index (χ2v) is 12.4. The molecule has 222 valence electrons. The molecule has 0 unspecified atom stereocenters. The van der Waals surface area contributed by atoms with E-state index >= 15 is 0 Å². The Morgan fingerprint density at radius 2 is 1.55 bits per heavy atom. The third-order valence-corrected chi connectivity index (χ3v) is 9.08. The molecule has 0 fully saturated rings. The molecule has 0 radical (unpaired) electrons. The summed E-state index contributed by atoms with van der Waals surface area (Å²) in [6.45, 7) is 2.86. The lowest BCUT2D eigenvalue weighted by Crippen LogP contribution is -2.43. The maximum atomic E-state index is 13.9. The lowest BCUT2D eigenvalue weighted by molar-refractivity contribution is -0.141. The minimum absolute atomic E-state index is 0.151. The predicted octanol–water partition coefficient (Wildman–Crippen LogP) is 5.69. The number of amides is 2. The molecule has 4 rings (SSSR count). The van der Waals surface area contributed by atoms with Crippen molar-refractivity contribution in [2.24, 2.45) is 0 Å². The van der Waals surface area contributed by atoms with Gasteiger partial charge in [-0.15, -0.1) is 0 Å². The van der Waals surface area contributed by atoms with Crippen molar-refractivity contribution >= 4 is 21.8 Å². The Balaban J connectivity index is 1.53. The van der Waals surface area contributed by atoms with Gasteiger partial charge < -0.3 is 10.2 Å². The zero-order valence-corrected chi connectivity index (χ0v) is 25.1. The quantitative estimate of drug-likeness (QED) is 0.237. The standard InChI is InChI=1S/C34H41N3O4S/c1-2-36-42(40,41)31-21-18-28(19-22-31)20-23-32(38)37(26-29-14-8-4-9-15-29)33(30-16-10-5-11-17-30)34(39)35-25-24-27-12-6-3-7-13-27/h4-5,8-12,14-19,21-22,33,36H,2-3,6-7,13,20,23-26H2,1H3,(H,35,39)/t33-/m0/s1. The summed E-state index contributed by atoms with van der Waals surface area (Å²) in [4.78, 5) is 29.6. The van der Waals surface area contributed by atoms with Crippen molar-refractivity contribution in [3.8, 4) is 0 Å². The van der Waals surface area contributed by atoms with E-state index in [1.807, 2.05) is 60.7 Å². The molecule has 0 saturated carbocycles. The highest BCUT2D eigenvalue weighted by Crippen LogP contribution is 2.26. The SMILES string of the molecule is CCNS(=O)(=O)c1ccc(CCC(=O)N(Cc2ccccc2)[C@H](C(=O)NCCC2=CCCCC2)c2ccccc2)cc1. The number of carbonyl (C=O) groups excluding carboxylic acids is 2. The molecule has 1 aliphatic carbocycles. The number of hydrogen-bond acceptors (Lipinski definition) is 4. The normalized spacial score (nSPS) is 14.1. The summed E-state index contributed by atoms with van der Waals surface area (Å²) in [5.41, 5.74) is 3.93. The van der Waals surface area contributed by atoms with Crippen molar-refractivity contribution in [2.75, 3.05) is 13.1 Å². The molecule has 0 heterocycles. The number of sulfonamides is 1. The lowest BCUT2D eigenvalue weighted by atomic mass is 9.97. The third-order valence-electron chi connectivity index (χ3n) is 7.52. The molecule has 2 N–H and O–H groups in total. The van der Waals surface area contributed by atoms with Crippen molar-refractivity contribution in [3.05, 3.63) is 113 Å². The molecule has 8 heteroatoms. The van der Waals surface area contributed by atoms with Crippen LogP contribution in [0.25, 0.3) is 0 Å². The summed E-state index contributed by atoms with van der Waals surface area (Å²) in [5.74, 6) is -0.345. The van der Waals surface area contributed by atoms with Gasteiger partial charge in [0.05, 0.1) is 4.90 Å². The van der Waals surface area contributed by atoms with Crippen molar-refractivity contribution in [1.29, 1.82) is 0 Å². The number of hydrogen-bond donors (Lipinski definition) is 2. The van der Waals surface area contributed by atoms with Gasteiger partial charge in [-0.05, 0) is 67.3 Å². The molecule has 0 bridgehead atoms. The summed E-state index contributed by atoms with van der Waals surface area (Å²) < 4.78 is 27.1. The van der Waals surface area contributed by atoms with Crippen LogP contribution in [0.5, 0.6) is 0 Å². The molecule has 1 atom stereocenters. The van der Waals surface area contributed by atoms with Crippen LogP contribution in [-0.2, 0) is 32.6 Å². The molecule has 0 aromatic heterocycles. The molecule has 3 aromatic rings. The molecule has 0 aliphatic heterocycles. The molecule has 2 amide bonds. The third kappa shape index (κ3) is 8.87. The Kier molecular flexibility index (Phi) is 11.5. The zero-order valence-electron chi connectivity index (χ0n) is 24.3. The van der Waals surface area contributed by atoms with Crippen molar-refractivity contribution in [3.63, 3.8) is 0 Å². The van der Waals surface area contributed by atoms with Gasteiger partial charge in [-0.25, -0.2) is 13.1 Å². The minimum Gasteiger partial charge on any atom is -0.354 e. The first-order chi connectivity index (χ1) is 20.4. The summed E-state index contributed by atoms with van der Waals surface area (Å²) in [7, 11) is -3.55. The summed E-state index contributed by atoms with van der Waals surface area (Å²) in [6, 6.07) is 25.0. The molecular weight excluding hydrogens is 546 g/mol. The summed E-state index contributed by atoms with van der Waals surface area (Å²) >= 11 is 0. The van der Waals surface area contributed by atoms with E-state index < -0.39 is 16.1 Å². The van der Waals surface area contributed by atoms with Crippen molar-refractivity contribution in [1.82, 2.24) is 14.9 Å². The lowest BCUT2D eigenvalue weighted by Gasteiger charge is -2.32. The molecule has 0 spiro atoms. The highest BCUT2D eigenvalue weighted by atomic mass is 32.2. The van der Waals surface area contributed by atoms with Crippen LogP contribution < -0.4 is 10.0 Å². The first-order valence-corrected chi connectivity index (χ1v) is 16.3. The van der Waals surface area contributed by atoms with E-state index in [1.54, 1.807) is 36.1 Å². The molecule has 3 aromatic carbocycles. The van der Waals surface area contributed by atoms with Crippen LogP contribution >= 0.6 is 0 Å². The van der Waals surface area contributed by atoms with Gasteiger partial charge in [0.15, 0.2) is 0 Å². The Hall–Kier alpha value is -3.75. The van der Waals surface area contributed by atoms with Gasteiger partial charge in [-0.2, -0.15) is 0 Å². The highest BCUT2D eigenvalue weighted by molar-refractivity contribution is 7.89. The van der Waals surface area contributed by atoms with Crippen molar-refractivity contribution < 1.29 is 18.0 Å². The first kappa shape index (κ1) is 31.2. The minimum atomic E-state index is -3.55. The first-order valence-electron chi connectivity index (χ1n) is 14.8. The number of carbonyl (C=O) groups is 2. The second kappa shape index (κ2) is 15.5. The van der Waals surface area contributed by atoms with Crippen molar-refractivity contribution in [2.45, 2.75) is 69.4 Å². The average molecular weight is 588 g/mol. The van der Waals surface area contributed by atoms with Gasteiger partial charge >= 0.3 is 0 Å². The van der Waals surface area contributed by atoms with E-state index in [0.29, 0.717) is 19.5 Å². The average Bonchev–Trinajstić information content (AvgIpc) is 3.01. The van der Waals surface area contributed by atoms with Gasteiger partial charge in [0.2, 0.25) is 21.8 Å². The van der Waals surface area contributed by atoms with Crippen LogP contribution in [0.3, 0.4) is 0 Å². The van der Waals surface area contributed by atoms with E-state index in [2.05, 4.69) is 16.1 Å². The second-order valence-electron chi connectivity index (χ2n) is 10.6.